The van der Waals surface area contributed by atoms with Crippen LogP contribution in [0.4, 0.5) is 5.82 Å². The number of anilines is 1. The number of pyridine rings is 1. The first kappa shape index (κ1) is 14.9. The second-order valence-electron chi connectivity index (χ2n) is 4.13. The summed E-state index contributed by atoms with van der Waals surface area (Å²) in [5, 5.41) is 5.93. The van der Waals surface area contributed by atoms with Crippen molar-refractivity contribution in [2.75, 3.05) is 39.1 Å². The van der Waals surface area contributed by atoms with Gasteiger partial charge >= 0.3 is 0 Å². The highest BCUT2D eigenvalue weighted by Crippen LogP contribution is 2.19. The molecule has 0 radical (unpaired) electrons. The zero-order valence-electron chi connectivity index (χ0n) is 11.0. The predicted molar refractivity (Wildman–Crippen MR) is 77.1 cm³/mol. The van der Waals surface area contributed by atoms with Gasteiger partial charge in [0.15, 0.2) is 0 Å². The van der Waals surface area contributed by atoms with Crippen molar-refractivity contribution in [1.82, 2.24) is 15.6 Å². The number of carbonyl (C=O) groups excluding carboxylic acids is 1. The maximum absolute atomic E-state index is 12.1. The van der Waals surface area contributed by atoms with Crippen molar-refractivity contribution in [1.29, 1.82) is 0 Å². The van der Waals surface area contributed by atoms with Gasteiger partial charge < -0.3 is 15.5 Å². The number of nitrogens with zero attached hydrogens (tertiary/aromatic N) is 2. The average molecular weight is 315 g/mol. The van der Waals surface area contributed by atoms with E-state index in [2.05, 4.69) is 31.5 Å². The second kappa shape index (κ2) is 7.33. The Kier molecular flexibility index (Phi) is 6.07. The molecular weight excluding hydrogens is 296 g/mol. The van der Waals surface area contributed by atoms with E-state index >= 15 is 0 Å². The highest BCUT2D eigenvalue weighted by Gasteiger charge is 2.14. The van der Waals surface area contributed by atoms with Crippen LogP contribution in [-0.4, -0.2) is 45.1 Å². The Labute approximate surface area is 116 Å². The van der Waals surface area contributed by atoms with Crippen molar-refractivity contribution < 1.29 is 4.79 Å². The largest absolute Gasteiger partial charge is 0.362 e. The van der Waals surface area contributed by atoms with Crippen molar-refractivity contribution >= 4 is 27.7 Å². The maximum atomic E-state index is 12.1. The van der Waals surface area contributed by atoms with Crippen LogP contribution in [0, 0.1) is 0 Å². The lowest BCUT2D eigenvalue weighted by atomic mass is 10.2. The molecule has 0 unspecified atom stereocenters. The smallest absolute Gasteiger partial charge is 0.255 e. The second-order valence-corrected chi connectivity index (χ2v) is 5.05. The molecule has 2 N–H and O–H groups in total. The minimum absolute atomic E-state index is 0.0939. The molecule has 0 aromatic carbocycles. The van der Waals surface area contributed by atoms with E-state index in [1.807, 2.05) is 26.0 Å². The van der Waals surface area contributed by atoms with Crippen LogP contribution in [0.25, 0.3) is 0 Å². The van der Waals surface area contributed by atoms with Gasteiger partial charge in [-0.25, -0.2) is 4.98 Å². The zero-order valence-corrected chi connectivity index (χ0v) is 12.5. The molecule has 0 saturated carbocycles. The van der Waals surface area contributed by atoms with E-state index in [0.29, 0.717) is 17.9 Å². The molecule has 0 fully saturated rings. The minimum atomic E-state index is -0.0939. The Morgan fingerprint density at radius 3 is 2.78 bits per heavy atom. The van der Waals surface area contributed by atoms with Crippen LogP contribution >= 0.6 is 15.9 Å². The van der Waals surface area contributed by atoms with E-state index in [1.165, 1.54) is 0 Å². The third-order valence-corrected chi connectivity index (χ3v) is 2.82. The highest BCUT2D eigenvalue weighted by atomic mass is 79.9. The summed E-state index contributed by atoms with van der Waals surface area (Å²) < 4.78 is 0.800. The van der Waals surface area contributed by atoms with Gasteiger partial charge in [0.25, 0.3) is 5.91 Å². The third-order valence-electron chi connectivity index (χ3n) is 2.39. The summed E-state index contributed by atoms with van der Waals surface area (Å²) in [4.78, 5) is 18.1. The molecule has 100 valence electrons. The van der Waals surface area contributed by atoms with E-state index in [1.54, 1.807) is 12.3 Å². The molecule has 0 bridgehead atoms. The lowest BCUT2D eigenvalue weighted by Gasteiger charge is -2.16. The van der Waals surface area contributed by atoms with Gasteiger partial charge in [-0.3, -0.25) is 4.79 Å². The summed E-state index contributed by atoms with van der Waals surface area (Å²) in [5.41, 5.74) is 0.582. The van der Waals surface area contributed by atoms with E-state index in [9.17, 15) is 4.79 Å². The van der Waals surface area contributed by atoms with Crippen molar-refractivity contribution in [3.05, 3.63) is 22.3 Å². The van der Waals surface area contributed by atoms with Crippen LogP contribution in [0.1, 0.15) is 16.8 Å². The summed E-state index contributed by atoms with van der Waals surface area (Å²) in [7, 11) is 5.63. The molecule has 0 aliphatic rings. The minimum Gasteiger partial charge on any atom is -0.362 e. The first-order valence-corrected chi connectivity index (χ1v) is 6.61. The van der Waals surface area contributed by atoms with Crippen LogP contribution in [0.3, 0.4) is 0 Å². The first-order valence-electron chi connectivity index (χ1n) is 5.82. The van der Waals surface area contributed by atoms with Crippen LogP contribution in [0.2, 0.25) is 0 Å². The Morgan fingerprint density at radius 1 is 1.44 bits per heavy atom. The van der Waals surface area contributed by atoms with Crippen molar-refractivity contribution in [2.45, 2.75) is 6.42 Å². The summed E-state index contributed by atoms with van der Waals surface area (Å²) in [5.74, 6) is 0.577. The fourth-order valence-corrected chi connectivity index (χ4v) is 1.85. The predicted octanol–water partition coefficient (Wildman–Crippen LogP) is 1.25. The van der Waals surface area contributed by atoms with Gasteiger partial charge in [-0.2, -0.15) is 0 Å². The highest BCUT2D eigenvalue weighted by molar-refractivity contribution is 9.10. The topological polar surface area (TPSA) is 57.3 Å². The summed E-state index contributed by atoms with van der Waals surface area (Å²) in [6, 6.07) is 1.79. The number of rotatable bonds is 6. The number of halogens is 1. The van der Waals surface area contributed by atoms with Crippen LogP contribution in [-0.2, 0) is 0 Å². The molecule has 1 aromatic rings. The molecule has 0 spiro atoms. The van der Waals surface area contributed by atoms with Crippen molar-refractivity contribution in [3.8, 4) is 0 Å². The Balaban J connectivity index is 2.74. The molecule has 0 saturated heterocycles. The maximum Gasteiger partial charge on any atom is 0.255 e. The molecule has 1 amide bonds. The van der Waals surface area contributed by atoms with Gasteiger partial charge in [-0.15, -0.1) is 0 Å². The number of aromatic nitrogens is 1. The van der Waals surface area contributed by atoms with E-state index in [-0.39, 0.29) is 5.91 Å². The number of amides is 1. The molecule has 1 aromatic heterocycles. The van der Waals surface area contributed by atoms with E-state index < -0.39 is 0 Å². The molecule has 0 aliphatic carbocycles. The molecule has 0 aliphatic heterocycles. The van der Waals surface area contributed by atoms with E-state index in [4.69, 9.17) is 0 Å². The summed E-state index contributed by atoms with van der Waals surface area (Å²) in [6.45, 7) is 1.54. The average Bonchev–Trinajstić information content (AvgIpc) is 2.34. The van der Waals surface area contributed by atoms with Gasteiger partial charge in [0.2, 0.25) is 0 Å². The lowest BCUT2D eigenvalue weighted by molar-refractivity contribution is 0.0953. The van der Waals surface area contributed by atoms with Crippen molar-refractivity contribution in [3.63, 3.8) is 0 Å². The van der Waals surface area contributed by atoms with Gasteiger partial charge in [0.05, 0.1) is 5.56 Å². The molecule has 1 rings (SSSR count). The quantitative estimate of drug-likeness (QED) is 0.776. The standard InChI is InChI=1S/C12H19BrN4O/c1-14-5-4-6-15-12(18)10-7-9(13)8-16-11(10)17(2)3/h7-8,14H,4-6H2,1-3H3,(H,15,18). The molecule has 6 heteroatoms. The normalized spacial score (nSPS) is 10.2. The van der Waals surface area contributed by atoms with Gasteiger partial charge in [0, 0.05) is 31.3 Å². The van der Waals surface area contributed by atoms with Gasteiger partial charge in [-0.1, -0.05) is 0 Å². The van der Waals surface area contributed by atoms with Crippen LogP contribution < -0.4 is 15.5 Å². The van der Waals surface area contributed by atoms with E-state index in [0.717, 1.165) is 17.4 Å². The van der Waals surface area contributed by atoms with Gasteiger partial charge in [-0.05, 0) is 42.0 Å². The Hall–Kier alpha value is -1.14. The Morgan fingerprint density at radius 2 is 2.17 bits per heavy atom. The van der Waals surface area contributed by atoms with Crippen molar-refractivity contribution in [2.24, 2.45) is 0 Å². The SMILES string of the molecule is CNCCCNC(=O)c1cc(Br)cnc1N(C)C. The molecular formula is C12H19BrN4O. The monoisotopic (exact) mass is 314 g/mol. The molecule has 5 nitrogen and oxygen atoms in total. The fourth-order valence-electron chi connectivity index (χ4n) is 1.52. The zero-order chi connectivity index (χ0) is 13.5. The Bertz CT molecular complexity index is 409. The number of hydrogen-bond donors (Lipinski definition) is 2. The molecule has 18 heavy (non-hydrogen) atoms. The molecule has 0 atom stereocenters. The summed E-state index contributed by atoms with van der Waals surface area (Å²) in [6.07, 6.45) is 2.59. The van der Waals surface area contributed by atoms with Crippen LogP contribution in [0.15, 0.2) is 16.7 Å². The molecule has 1 heterocycles. The lowest BCUT2D eigenvalue weighted by Crippen LogP contribution is -2.28. The van der Waals surface area contributed by atoms with Crippen LogP contribution in [0.5, 0.6) is 0 Å². The summed E-state index contributed by atoms with van der Waals surface area (Å²) >= 11 is 3.34. The third kappa shape index (κ3) is 4.27. The first-order chi connectivity index (χ1) is 8.56. The number of nitrogens with one attached hydrogen (secondary N) is 2. The number of carbonyl (C=O) groups is 1. The fraction of sp³-hybridized carbons (Fsp3) is 0.500. The number of hydrogen-bond acceptors (Lipinski definition) is 4. The van der Waals surface area contributed by atoms with Gasteiger partial charge in [0.1, 0.15) is 5.82 Å².